The first-order valence-corrected chi connectivity index (χ1v) is 5.39. The van der Waals surface area contributed by atoms with Crippen LogP contribution in [-0.2, 0) is 12.8 Å². The van der Waals surface area contributed by atoms with Crippen molar-refractivity contribution in [1.29, 1.82) is 0 Å². The molecule has 3 nitrogen and oxygen atoms in total. The zero-order valence-electron chi connectivity index (χ0n) is 9.26. The molecule has 0 saturated carbocycles. The van der Waals surface area contributed by atoms with Crippen LogP contribution in [0, 0.1) is 0 Å². The molecule has 0 fully saturated rings. The van der Waals surface area contributed by atoms with E-state index in [-0.39, 0.29) is 0 Å². The quantitative estimate of drug-likeness (QED) is 0.853. The Kier molecular flexibility index (Phi) is 3.37. The van der Waals surface area contributed by atoms with E-state index in [1.165, 1.54) is 5.56 Å². The van der Waals surface area contributed by atoms with Crippen molar-refractivity contribution in [2.75, 3.05) is 0 Å². The van der Waals surface area contributed by atoms with Crippen LogP contribution in [0.4, 0.5) is 0 Å². The van der Waals surface area contributed by atoms with Crippen LogP contribution < -0.4 is 0 Å². The number of hydrogen-bond donors (Lipinski definition) is 1. The van der Waals surface area contributed by atoms with Gasteiger partial charge in [-0.15, -0.1) is 0 Å². The molecule has 3 heteroatoms. The molecule has 1 atom stereocenters. The number of oxazole rings is 1. The van der Waals surface area contributed by atoms with Gasteiger partial charge in [-0.05, 0) is 12.5 Å². The summed E-state index contributed by atoms with van der Waals surface area (Å²) in [6.45, 7) is 1.74. The monoisotopic (exact) mass is 217 g/mol. The molecule has 16 heavy (non-hydrogen) atoms. The van der Waals surface area contributed by atoms with Gasteiger partial charge < -0.3 is 9.52 Å². The van der Waals surface area contributed by atoms with Crippen LogP contribution in [0.3, 0.4) is 0 Å². The van der Waals surface area contributed by atoms with E-state index in [0.29, 0.717) is 18.7 Å². The van der Waals surface area contributed by atoms with E-state index in [0.717, 1.165) is 5.76 Å². The van der Waals surface area contributed by atoms with Crippen LogP contribution >= 0.6 is 0 Å². The fraction of sp³-hybridized carbons (Fsp3) is 0.308. The summed E-state index contributed by atoms with van der Waals surface area (Å²) in [5, 5.41) is 9.22. The summed E-state index contributed by atoms with van der Waals surface area (Å²) in [6, 6.07) is 10.1. The molecule has 1 unspecified atom stereocenters. The van der Waals surface area contributed by atoms with E-state index in [1.54, 1.807) is 13.1 Å². The van der Waals surface area contributed by atoms with Crippen LogP contribution in [0.2, 0.25) is 0 Å². The van der Waals surface area contributed by atoms with Crippen LogP contribution in [0.15, 0.2) is 40.9 Å². The van der Waals surface area contributed by atoms with E-state index in [1.807, 2.05) is 30.3 Å². The first-order chi connectivity index (χ1) is 7.74. The van der Waals surface area contributed by atoms with E-state index < -0.39 is 6.10 Å². The number of benzene rings is 1. The Morgan fingerprint density at radius 3 is 2.75 bits per heavy atom. The Hall–Kier alpha value is -1.61. The van der Waals surface area contributed by atoms with Gasteiger partial charge in [0.15, 0.2) is 5.89 Å². The fourth-order valence-corrected chi connectivity index (χ4v) is 1.59. The van der Waals surface area contributed by atoms with Crippen molar-refractivity contribution in [3.63, 3.8) is 0 Å². The molecule has 0 radical (unpaired) electrons. The van der Waals surface area contributed by atoms with Gasteiger partial charge in [-0.2, -0.15) is 0 Å². The Bertz CT molecular complexity index is 434. The smallest absolute Gasteiger partial charge is 0.198 e. The average molecular weight is 217 g/mol. The summed E-state index contributed by atoms with van der Waals surface area (Å²) in [6.07, 6.45) is 2.51. The summed E-state index contributed by atoms with van der Waals surface area (Å²) >= 11 is 0. The second-order valence-corrected chi connectivity index (χ2v) is 3.94. The third-order valence-corrected chi connectivity index (χ3v) is 2.30. The second kappa shape index (κ2) is 4.94. The Balaban J connectivity index is 2.03. The van der Waals surface area contributed by atoms with Gasteiger partial charge in [0.25, 0.3) is 0 Å². The summed E-state index contributed by atoms with van der Waals surface area (Å²) in [5.41, 5.74) is 1.17. The lowest BCUT2D eigenvalue weighted by Gasteiger charge is -1.99. The molecule has 2 aromatic rings. The van der Waals surface area contributed by atoms with Gasteiger partial charge in [0, 0.05) is 12.8 Å². The summed E-state index contributed by atoms with van der Waals surface area (Å²) in [4.78, 5) is 4.19. The standard InChI is InChI=1S/C13H15NO2/c1-10(15)7-12-9-14-13(16-12)8-11-5-3-2-4-6-11/h2-6,9-10,15H,7-8H2,1H3. The first kappa shape index (κ1) is 10.9. The van der Waals surface area contributed by atoms with Gasteiger partial charge in [0.05, 0.1) is 12.3 Å². The van der Waals surface area contributed by atoms with Crippen LogP contribution in [0.5, 0.6) is 0 Å². The predicted octanol–water partition coefficient (Wildman–Crippen LogP) is 2.19. The topological polar surface area (TPSA) is 46.3 Å². The highest BCUT2D eigenvalue weighted by atomic mass is 16.4. The molecule has 0 amide bonds. The number of hydrogen-bond acceptors (Lipinski definition) is 3. The van der Waals surface area contributed by atoms with Gasteiger partial charge >= 0.3 is 0 Å². The minimum absolute atomic E-state index is 0.391. The minimum atomic E-state index is -0.391. The molecule has 0 aliphatic rings. The zero-order chi connectivity index (χ0) is 11.4. The van der Waals surface area contributed by atoms with Gasteiger partial charge in [0.2, 0.25) is 0 Å². The van der Waals surface area contributed by atoms with Gasteiger partial charge in [-0.25, -0.2) is 4.98 Å². The highest BCUT2D eigenvalue weighted by molar-refractivity contribution is 5.18. The first-order valence-electron chi connectivity index (χ1n) is 5.39. The molecule has 2 rings (SSSR count). The summed E-state index contributed by atoms with van der Waals surface area (Å²) in [5.74, 6) is 1.43. The Labute approximate surface area is 94.8 Å². The molecule has 1 heterocycles. The SMILES string of the molecule is CC(O)Cc1cnc(Cc2ccccc2)o1. The van der Waals surface area contributed by atoms with Crippen LogP contribution in [0.1, 0.15) is 24.1 Å². The third kappa shape index (κ3) is 2.94. The molecule has 0 aliphatic carbocycles. The molecule has 0 bridgehead atoms. The molecule has 0 spiro atoms. The molecular weight excluding hydrogens is 202 g/mol. The molecule has 1 N–H and O–H groups in total. The van der Waals surface area contributed by atoms with Gasteiger partial charge in [0.1, 0.15) is 5.76 Å². The van der Waals surface area contributed by atoms with Crippen LogP contribution in [-0.4, -0.2) is 16.2 Å². The van der Waals surface area contributed by atoms with E-state index in [2.05, 4.69) is 4.98 Å². The largest absolute Gasteiger partial charge is 0.445 e. The molecule has 84 valence electrons. The maximum Gasteiger partial charge on any atom is 0.198 e. The Morgan fingerprint density at radius 2 is 2.06 bits per heavy atom. The van der Waals surface area contributed by atoms with Crippen molar-refractivity contribution in [2.45, 2.75) is 25.9 Å². The molecule has 0 saturated heterocycles. The minimum Gasteiger partial charge on any atom is -0.445 e. The summed E-state index contributed by atoms with van der Waals surface area (Å²) < 4.78 is 5.53. The van der Waals surface area contributed by atoms with Gasteiger partial charge in [-0.3, -0.25) is 0 Å². The molecular formula is C13H15NO2. The number of aliphatic hydroxyl groups is 1. The average Bonchev–Trinajstić information content (AvgIpc) is 2.66. The zero-order valence-corrected chi connectivity index (χ0v) is 9.26. The fourth-order valence-electron chi connectivity index (χ4n) is 1.59. The van der Waals surface area contributed by atoms with Crippen molar-refractivity contribution in [2.24, 2.45) is 0 Å². The van der Waals surface area contributed by atoms with Crippen molar-refractivity contribution in [1.82, 2.24) is 4.98 Å². The van der Waals surface area contributed by atoms with Crippen LogP contribution in [0.25, 0.3) is 0 Å². The number of rotatable bonds is 4. The second-order valence-electron chi connectivity index (χ2n) is 3.94. The van der Waals surface area contributed by atoms with E-state index in [4.69, 9.17) is 4.42 Å². The van der Waals surface area contributed by atoms with E-state index >= 15 is 0 Å². The predicted molar refractivity (Wildman–Crippen MR) is 61.1 cm³/mol. The van der Waals surface area contributed by atoms with Gasteiger partial charge in [-0.1, -0.05) is 30.3 Å². The highest BCUT2D eigenvalue weighted by Crippen LogP contribution is 2.11. The lowest BCUT2D eigenvalue weighted by molar-refractivity contribution is 0.186. The van der Waals surface area contributed by atoms with Crippen molar-refractivity contribution in [3.8, 4) is 0 Å². The summed E-state index contributed by atoms with van der Waals surface area (Å²) in [7, 11) is 0. The number of aliphatic hydroxyl groups excluding tert-OH is 1. The molecule has 1 aromatic heterocycles. The molecule has 0 aliphatic heterocycles. The van der Waals surface area contributed by atoms with Crippen molar-refractivity contribution < 1.29 is 9.52 Å². The maximum absolute atomic E-state index is 9.22. The lowest BCUT2D eigenvalue weighted by Crippen LogP contribution is -2.02. The van der Waals surface area contributed by atoms with E-state index in [9.17, 15) is 5.11 Å². The third-order valence-electron chi connectivity index (χ3n) is 2.30. The lowest BCUT2D eigenvalue weighted by atomic mass is 10.2. The highest BCUT2D eigenvalue weighted by Gasteiger charge is 2.07. The normalized spacial score (nSPS) is 12.6. The molecule has 1 aromatic carbocycles. The number of nitrogens with zero attached hydrogens (tertiary/aromatic N) is 1. The Morgan fingerprint density at radius 1 is 1.31 bits per heavy atom. The van der Waals surface area contributed by atoms with Crippen molar-refractivity contribution >= 4 is 0 Å². The maximum atomic E-state index is 9.22. The number of aromatic nitrogens is 1. The van der Waals surface area contributed by atoms with Crippen molar-refractivity contribution in [3.05, 3.63) is 53.7 Å².